The molecule has 1 rings (SSSR count). The van der Waals surface area contributed by atoms with Crippen LogP contribution in [0.4, 0.5) is 8.78 Å². The molecular weight excluding hydrogens is 316 g/mol. The molecule has 0 unspecified atom stereocenters. The van der Waals surface area contributed by atoms with Gasteiger partial charge in [-0.25, -0.2) is 17.2 Å². The summed E-state index contributed by atoms with van der Waals surface area (Å²) < 4.78 is 46.9. The summed E-state index contributed by atoms with van der Waals surface area (Å²) in [7, 11) is 0.853. The van der Waals surface area contributed by atoms with Crippen molar-refractivity contribution in [2.75, 3.05) is 0 Å². The Morgan fingerprint density at radius 3 is 2.53 bits per heavy atom. The SMILES string of the molecule is O=S(=O)(Cl)c1cc(CBr)ncc1C(F)F. The summed E-state index contributed by atoms with van der Waals surface area (Å²) in [6.45, 7) is 0. The Morgan fingerprint density at radius 2 is 2.13 bits per heavy atom. The number of aromatic nitrogens is 1. The quantitative estimate of drug-likeness (QED) is 0.635. The van der Waals surface area contributed by atoms with Crippen molar-refractivity contribution in [1.82, 2.24) is 4.98 Å². The van der Waals surface area contributed by atoms with Gasteiger partial charge >= 0.3 is 0 Å². The fraction of sp³-hybridized carbons (Fsp3) is 0.286. The van der Waals surface area contributed by atoms with Gasteiger partial charge in [-0.1, -0.05) is 15.9 Å². The second kappa shape index (κ2) is 4.71. The van der Waals surface area contributed by atoms with Gasteiger partial charge in [-0.05, 0) is 6.07 Å². The number of pyridine rings is 1. The third-order valence-corrected chi connectivity index (χ3v) is 3.54. The Balaban J connectivity index is 3.43. The van der Waals surface area contributed by atoms with E-state index < -0.39 is 25.9 Å². The maximum atomic E-state index is 12.4. The molecule has 0 aliphatic rings. The van der Waals surface area contributed by atoms with Crippen molar-refractivity contribution in [3.05, 3.63) is 23.5 Å². The lowest BCUT2D eigenvalue weighted by molar-refractivity contribution is 0.147. The van der Waals surface area contributed by atoms with Gasteiger partial charge in [0, 0.05) is 22.2 Å². The highest BCUT2D eigenvalue weighted by Crippen LogP contribution is 2.28. The molecule has 0 bridgehead atoms. The minimum absolute atomic E-state index is 0.260. The van der Waals surface area contributed by atoms with Gasteiger partial charge in [0.15, 0.2) is 0 Å². The molecule has 3 nitrogen and oxygen atoms in total. The summed E-state index contributed by atoms with van der Waals surface area (Å²) in [6, 6.07) is 1.03. The van der Waals surface area contributed by atoms with E-state index in [0.717, 1.165) is 12.3 Å². The minimum Gasteiger partial charge on any atom is -0.260 e. The highest BCUT2D eigenvalue weighted by molar-refractivity contribution is 9.08. The van der Waals surface area contributed by atoms with E-state index in [0.29, 0.717) is 5.69 Å². The van der Waals surface area contributed by atoms with Crippen LogP contribution in [0.2, 0.25) is 0 Å². The number of nitrogens with zero attached hydrogens (tertiary/aromatic N) is 1. The summed E-state index contributed by atoms with van der Waals surface area (Å²) in [5, 5.41) is 0.260. The number of hydrogen-bond donors (Lipinski definition) is 0. The third-order valence-electron chi connectivity index (χ3n) is 1.59. The molecule has 8 heteroatoms. The number of hydrogen-bond acceptors (Lipinski definition) is 3. The molecule has 0 saturated heterocycles. The predicted octanol–water partition coefficient (Wildman–Crippen LogP) is 2.84. The van der Waals surface area contributed by atoms with Crippen LogP contribution < -0.4 is 0 Å². The van der Waals surface area contributed by atoms with Crippen LogP contribution in [-0.2, 0) is 14.4 Å². The molecule has 0 saturated carbocycles. The van der Waals surface area contributed by atoms with Gasteiger partial charge in [-0.3, -0.25) is 4.98 Å². The predicted molar refractivity (Wildman–Crippen MR) is 54.9 cm³/mol. The Bertz CT molecular complexity index is 466. The second-order valence-electron chi connectivity index (χ2n) is 2.59. The van der Waals surface area contributed by atoms with E-state index in [4.69, 9.17) is 10.7 Å². The maximum Gasteiger partial charge on any atom is 0.266 e. The summed E-state index contributed by atoms with van der Waals surface area (Å²) >= 11 is 3.03. The topological polar surface area (TPSA) is 47.0 Å². The molecule has 0 spiro atoms. The molecule has 84 valence electrons. The summed E-state index contributed by atoms with van der Waals surface area (Å²) in [5.74, 6) is 0. The molecule has 1 heterocycles. The van der Waals surface area contributed by atoms with E-state index in [9.17, 15) is 17.2 Å². The first-order valence-corrected chi connectivity index (χ1v) is 7.07. The number of halogens is 4. The van der Waals surface area contributed by atoms with E-state index in [1.165, 1.54) is 0 Å². The zero-order chi connectivity index (χ0) is 11.6. The first-order valence-electron chi connectivity index (χ1n) is 3.64. The summed E-state index contributed by atoms with van der Waals surface area (Å²) in [5.41, 5.74) is -0.367. The lowest BCUT2D eigenvalue weighted by Crippen LogP contribution is -2.01. The minimum atomic E-state index is -4.18. The Hall–Kier alpha value is -0.270. The maximum absolute atomic E-state index is 12.4. The van der Waals surface area contributed by atoms with Gasteiger partial charge in [0.05, 0.1) is 16.2 Å². The van der Waals surface area contributed by atoms with Crippen LogP contribution in [0.3, 0.4) is 0 Å². The van der Waals surface area contributed by atoms with Crippen LogP contribution in [0.25, 0.3) is 0 Å². The first-order chi connectivity index (χ1) is 6.86. The number of rotatable bonds is 3. The van der Waals surface area contributed by atoms with E-state index in [-0.39, 0.29) is 5.33 Å². The molecule has 0 aliphatic heterocycles. The fourth-order valence-corrected chi connectivity index (χ4v) is 2.34. The van der Waals surface area contributed by atoms with E-state index >= 15 is 0 Å². The number of alkyl halides is 3. The van der Waals surface area contributed by atoms with Crippen molar-refractivity contribution < 1.29 is 17.2 Å². The monoisotopic (exact) mass is 319 g/mol. The highest BCUT2D eigenvalue weighted by atomic mass is 79.9. The average molecular weight is 321 g/mol. The Labute approximate surface area is 98.0 Å². The second-order valence-corrected chi connectivity index (χ2v) is 5.68. The van der Waals surface area contributed by atoms with Gasteiger partial charge in [0.25, 0.3) is 15.5 Å². The van der Waals surface area contributed by atoms with Gasteiger partial charge in [0.2, 0.25) is 0 Å². The van der Waals surface area contributed by atoms with Gasteiger partial charge in [-0.2, -0.15) is 0 Å². The molecule has 0 aliphatic carbocycles. The zero-order valence-corrected chi connectivity index (χ0v) is 10.3. The molecule has 1 aromatic rings. The lowest BCUT2D eigenvalue weighted by atomic mass is 10.2. The van der Waals surface area contributed by atoms with Crippen molar-refractivity contribution in [3.8, 4) is 0 Å². The summed E-state index contributed by atoms with van der Waals surface area (Å²) in [6.07, 6.45) is -2.11. The van der Waals surface area contributed by atoms with E-state index in [1.54, 1.807) is 0 Å². The van der Waals surface area contributed by atoms with E-state index in [1.807, 2.05) is 0 Å². The Morgan fingerprint density at radius 1 is 1.53 bits per heavy atom. The molecule has 0 N–H and O–H groups in total. The lowest BCUT2D eigenvalue weighted by Gasteiger charge is -2.06. The molecular formula is C7H5BrClF2NO2S. The molecule has 0 radical (unpaired) electrons. The van der Waals surface area contributed by atoms with Crippen LogP contribution in [0.15, 0.2) is 17.2 Å². The van der Waals surface area contributed by atoms with Crippen molar-refractivity contribution in [2.45, 2.75) is 16.7 Å². The summed E-state index contributed by atoms with van der Waals surface area (Å²) in [4.78, 5) is 3.05. The van der Waals surface area contributed by atoms with Crippen molar-refractivity contribution in [3.63, 3.8) is 0 Å². The third kappa shape index (κ3) is 3.09. The molecule has 0 fully saturated rings. The average Bonchev–Trinajstić information content (AvgIpc) is 2.15. The van der Waals surface area contributed by atoms with Crippen LogP contribution >= 0.6 is 26.6 Å². The van der Waals surface area contributed by atoms with Crippen LogP contribution in [0.1, 0.15) is 17.7 Å². The highest BCUT2D eigenvalue weighted by Gasteiger charge is 2.22. The van der Waals surface area contributed by atoms with Crippen molar-refractivity contribution in [1.29, 1.82) is 0 Å². The van der Waals surface area contributed by atoms with Crippen LogP contribution in [0.5, 0.6) is 0 Å². The van der Waals surface area contributed by atoms with Gasteiger partial charge < -0.3 is 0 Å². The zero-order valence-electron chi connectivity index (χ0n) is 7.12. The largest absolute Gasteiger partial charge is 0.266 e. The van der Waals surface area contributed by atoms with Crippen molar-refractivity contribution >= 4 is 35.7 Å². The molecule has 0 aromatic carbocycles. The van der Waals surface area contributed by atoms with Crippen LogP contribution in [-0.4, -0.2) is 13.4 Å². The molecule has 0 atom stereocenters. The molecule has 15 heavy (non-hydrogen) atoms. The fourth-order valence-electron chi connectivity index (χ4n) is 0.936. The van der Waals surface area contributed by atoms with Crippen molar-refractivity contribution in [2.24, 2.45) is 0 Å². The Kier molecular flexibility index (Phi) is 4.02. The smallest absolute Gasteiger partial charge is 0.260 e. The first kappa shape index (κ1) is 12.8. The molecule has 0 amide bonds. The standard InChI is InChI=1S/C7H5BrClF2NO2S/c8-2-4-1-6(15(9,13)14)5(3-12-4)7(10)11/h1,3,7H,2H2. The van der Waals surface area contributed by atoms with Gasteiger partial charge in [-0.15, -0.1) is 0 Å². The van der Waals surface area contributed by atoms with Crippen LogP contribution in [0, 0.1) is 0 Å². The molecule has 1 aromatic heterocycles. The normalized spacial score (nSPS) is 12.1. The van der Waals surface area contributed by atoms with E-state index in [2.05, 4.69) is 20.9 Å². The van der Waals surface area contributed by atoms with Gasteiger partial charge in [0.1, 0.15) is 0 Å².